The van der Waals surface area contributed by atoms with Crippen molar-refractivity contribution in [3.05, 3.63) is 58.6 Å². The van der Waals surface area contributed by atoms with Crippen LogP contribution in [0.2, 0.25) is 5.02 Å². The molecule has 28 heavy (non-hydrogen) atoms. The van der Waals surface area contributed by atoms with E-state index in [2.05, 4.69) is 10.6 Å². The lowest BCUT2D eigenvalue weighted by Gasteiger charge is -2.15. The fourth-order valence-corrected chi connectivity index (χ4v) is 2.51. The average molecular weight is 405 g/mol. The minimum Gasteiger partial charge on any atom is -0.496 e. The van der Waals surface area contributed by atoms with Crippen LogP contribution in [-0.2, 0) is 14.3 Å². The second-order valence-corrected chi connectivity index (χ2v) is 6.40. The number of ether oxygens (including phenoxy) is 2. The second kappa shape index (κ2) is 9.75. The molecule has 0 aromatic heterocycles. The number of carbonyl (C=O) groups is 3. The largest absolute Gasteiger partial charge is 0.496 e. The zero-order valence-electron chi connectivity index (χ0n) is 15.7. The van der Waals surface area contributed by atoms with Crippen molar-refractivity contribution in [2.45, 2.75) is 20.0 Å². The molecule has 0 aliphatic rings. The summed E-state index contributed by atoms with van der Waals surface area (Å²) in [6, 6.07) is 11.7. The predicted molar refractivity (Wildman–Crippen MR) is 106 cm³/mol. The molecular formula is C20H21ClN2O5. The highest BCUT2D eigenvalue weighted by molar-refractivity contribution is 6.31. The van der Waals surface area contributed by atoms with E-state index in [1.54, 1.807) is 42.5 Å². The Morgan fingerprint density at radius 2 is 1.86 bits per heavy atom. The summed E-state index contributed by atoms with van der Waals surface area (Å²) in [5.74, 6) is -1.34. The first kappa shape index (κ1) is 21.2. The Morgan fingerprint density at radius 1 is 1.14 bits per heavy atom. The Morgan fingerprint density at radius 3 is 2.57 bits per heavy atom. The van der Waals surface area contributed by atoms with Crippen LogP contribution in [0.5, 0.6) is 5.75 Å². The van der Waals surface area contributed by atoms with Crippen molar-refractivity contribution in [2.24, 2.45) is 0 Å². The van der Waals surface area contributed by atoms with E-state index >= 15 is 0 Å². The van der Waals surface area contributed by atoms with E-state index in [1.165, 1.54) is 14.0 Å². The zero-order valence-corrected chi connectivity index (χ0v) is 16.5. The summed E-state index contributed by atoms with van der Waals surface area (Å²) in [5.41, 5.74) is 1.64. The number of aryl methyl sites for hydroxylation is 1. The van der Waals surface area contributed by atoms with E-state index < -0.39 is 23.9 Å². The van der Waals surface area contributed by atoms with E-state index in [0.29, 0.717) is 22.0 Å². The average Bonchev–Trinajstić information content (AvgIpc) is 2.68. The van der Waals surface area contributed by atoms with Gasteiger partial charge >= 0.3 is 5.97 Å². The van der Waals surface area contributed by atoms with Crippen molar-refractivity contribution < 1.29 is 23.9 Å². The quantitative estimate of drug-likeness (QED) is 0.692. The van der Waals surface area contributed by atoms with Gasteiger partial charge in [-0.3, -0.25) is 14.4 Å². The highest BCUT2D eigenvalue weighted by atomic mass is 35.5. The normalized spacial score (nSPS) is 11.3. The first-order valence-electron chi connectivity index (χ1n) is 8.49. The van der Waals surface area contributed by atoms with Gasteiger partial charge in [-0.05, 0) is 43.7 Å². The molecule has 2 amide bonds. The molecule has 8 heteroatoms. The number of amides is 2. The maximum atomic E-state index is 12.2. The van der Waals surface area contributed by atoms with E-state index in [0.717, 1.165) is 5.56 Å². The molecule has 0 aliphatic heterocycles. The molecule has 0 saturated heterocycles. The van der Waals surface area contributed by atoms with Crippen LogP contribution in [0.3, 0.4) is 0 Å². The van der Waals surface area contributed by atoms with Crippen LogP contribution in [0, 0.1) is 6.92 Å². The molecule has 0 spiro atoms. The number of hydrogen-bond donors (Lipinski definition) is 2. The van der Waals surface area contributed by atoms with E-state index in [1.807, 2.05) is 6.92 Å². The molecule has 2 rings (SSSR count). The van der Waals surface area contributed by atoms with Gasteiger partial charge in [-0.1, -0.05) is 29.8 Å². The summed E-state index contributed by atoms with van der Waals surface area (Å²) < 4.78 is 10.2. The minimum atomic E-state index is -1.05. The number of anilines is 1. The molecule has 1 atom stereocenters. The maximum absolute atomic E-state index is 12.2. The summed E-state index contributed by atoms with van der Waals surface area (Å²) in [4.78, 5) is 36.3. The molecular weight excluding hydrogens is 384 g/mol. The number of hydrogen-bond acceptors (Lipinski definition) is 5. The fourth-order valence-electron chi connectivity index (χ4n) is 2.34. The molecule has 148 valence electrons. The highest BCUT2D eigenvalue weighted by Crippen LogP contribution is 2.20. The number of halogens is 1. The summed E-state index contributed by atoms with van der Waals surface area (Å²) in [5, 5.41) is 5.58. The number of rotatable bonds is 7. The molecule has 2 aromatic carbocycles. The Balaban J connectivity index is 1.87. The zero-order chi connectivity index (χ0) is 20.7. The van der Waals surface area contributed by atoms with Crippen LogP contribution < -0.4 is 15.4 Å². The second-order valence-electron chi connectivity index (χ2n) is 5.96. The van der Waals surface area contributed by atoms with Crippen LogP contribution in [0.15, 0.2) is 42.5 Å². The lowest BCUT2D eigenvalue weighted by atomic mass is 10.2. The van der Waals surface area contributed by atoms with Crippen molar-refractivity contribution in [3.8, 4) is 5.75 Å². The molecule has 0 heterocycles. The third kappa shape index (κ3) is 5.72. The van der Waals surface area contributed by atoms with Gasteiger partial charge in [0.25, 0.3) is 11.8 Å². The van der Waals surface area contributed by atoms with Gasteiger partial charge in [0.2, 0.25) is 0 Å². The summed E-state index contributed by atoms with van der Waals surface area (Å²) in [6.45, 7) is 2.87. The first-order valence-corrected chi connectivity index (χ1v) is 8.87. The topological polar surface area (TPSA) is 93.7 Å². The fraction of sp³-hybridized carbons (Fsp3) is 0.250. The molecule has 0 aliphatic carbocycles. The summed E-state index contributed by atoms with van der Waals surface area (Å²) >= 11 is 5.92. The Hall–Kier alpha value is -3.06. The monoisotopic (exact) mass is 404 g/mol. The van der Waals surface area contributed by atoms with Gasteiger partial charge in [0.1, 0.15) is 12.3 Å². The molecule has 0 unspecified atom stereocenters. The van der Waals surface area contributed by atoms with Crippen molar-refractivity contribution in [1.82, 2.24) is 5.32 Å². The van der Waals surface area contributed by atoms with Gasteiger partial charge in [-0.2, -0.15) is 0 Å². The van der Waals surface area contributed by atoms with Crippen LogP contribution in [0.1, 0.15) is 22.8 Å². The number of para-hydroxylation sites is 1. The minimum absolute atomic E-state index is 0.292. The van der Waals surface area contributed by atoms with Gasteiger partial charge in [0.15, 0.2) is 6.10 Å². The van der Waals surface area contributed by atoms with E-state index in [-0.39, 0.29) is 6.54 Å². The molecule has 0 saturated carbocycles. The number of methoxy groups -OCH3 is 1. The van der Waals surface area contributed by atoms with Crippen LogP contribution >= 0.6 is 11.6 Å². The lowest BCUT2D eigenvalue weighted by molar-refractivity contribution is -0.152. The van der Waals surface area contributed by atoms with Crippen LogP contribution in [-0.4, -0.2) is 37.5 Å². The number of benzene rings is 2. The molecule has 2 N–H and O–H groups in total. The molecule has 0 bridgehead atoms. The number of carbonyl (C=O) groups excluding carboxylic acids is 3. The maximum Gasteiger partial charge on any atom is 0.326 e. The van der Waals surface area contributed by atoms with Gasteiger partial charge in [-0.25, -0.2) is 0 Å². The third-order valence-corrected chi connectivity index (χ3v) is 4.11. The van der Waals surface area contributed by atoms with Crippen LogP contribution in [0.4, 0.5) is 5.69 Å². The molecule has 7 nitrogen and oxygen atoms in total. The molecule has 0 radical (unpaired) electrons. The SMILES string of the molecule is COc1ccccc1C(=O)NCC(=O)O[C@@H](C)C(=O)Nc1cc(Cl)ccc1C. The summed E-state index contributed by atoms with van der Waals surface area (Å²) in [7, 11) is 1.45. The van der Waals surface area contributed by atoms with Crippen molar-refractivity contribution >= 4 is 35.1 Å². The highest BCUT2D eigenvalue weighted by Gasteiger charge is 2.20. The number of nitrogens with one attached hydrogen (secondary N) is 2. The van der Waals surface area contributed by atoms with Crippen molar-refractivity contribution in [3.63, 3.8) is 0 Å². The standard InChI is InChI=1S/C20H21ClN2O5/c1-12-8-9-14(21)10-16(12)23-19(25)13(2)28-18(24)11-22-20(26)15-6-4-5-7-17(15)27-3/h4-10,13H,11H2,1-3H3,(H,22,26)(H,23,25)/t13-/m0/s1. The first-order chi connectivity index (χ1) is 13.3. The van der Waals surface area contributed by atoms with Crippen molar-refractivity contribution in [2.75, 3.05) is 19.0 Å². The van der Waals surface area contributed by atoms with Crippen molar-refractivity contribution in [1.29, 1.82) is 0 Å². The van der Waals surface area contributed by atoms with Crippen LogP contribution in [0.25, 0.3) is 0 Å². The predicted octanol–water partition coefficient (Wildman–Crippen LogP) is 2.96. The van der Waals surface area contributed by atoms with Gasteiger partial charge in [0.05, 0.1) is 12.7 Å². The van der Waals surface area contributed by atoms with Gasteiger partial charge in [0, 0.05) is 10.7 Å². The smallest absolute Gasteiger partial charge is 0.326 e. The molecule has 2 aromatic rings. The number of esters is 1. The molecule has 0 fully saturated rings. The van der Waals surface area contributed by atoms with E-state index in [4.69, 9.17) is 21.1 Å². The van der Waals surface area contributed by atoms with E-state index in [9.17, 15) is 14.4 Å². The summed E-state index contributed by atoms with van der Waals surface area (Å²) in [6.07, 6.45) is -1.05. The van der Waals surface area contributed by atoms with Gasteiger partial charge in [-0.15, -0.1) is 0 Å². The van der Waals surface area contributed by atoms with Gasteiger partial charge < -0.3 is 20.1 Å². The lowest BCUT2D eigenvalue weighted by Crippen LogP contribution is -2.36. The Labute approximate surface area is 168 Å². The Kier molecular flexibility index (Phi) is 7.40. The third-order valence-electron chi connectivity index (χ3n) is 3.88. The Bertz CT molecular complexity index is 885.